The summed E-state index contributed by atoms with van der Waals surface area (Å²) in [6.07, 6.45) is 2.79. The maximum absolute atomic E-state index is 5.37. The molecule has 2 saturated heterocycles. The number of oxime groups is 1. The molecule has 5 heteroatoms. The minimum atomic E-state index is 0.110. The highest BCUT2D eigenvalue weighted by atomic mass is 16.7. The number of anilines is 1. The smallest absolute Gasteiger partial charge is 0.152 e. The second kappa shape index (κ2) is 6.72. The lowest BCUT2D eigenvalue weighted by Gasteiger charge is -2.28. The van der Waals surface area contributed by atoms with Crippen molar-refractivity contribution in [2.75, 3.05) is 44.4 Å². The molecule has 1 unspecified atom stereocenters. The van der Waals surface area contributed by atoms with Crippen molar-refractivity contribution in [2.24, 2.45) is 5.16 Å². The van der Waals surface area contributed by atoms with Crippen LogP contribution in [0.2, 0.25) is 0 Å². The highest BCUT2D eigenvalue weighted by molar-refractivity contribution is 5.79. The van der Waals surface area contributed by atoms with Gasteiger partial charge >= 0.3 is 0 Å². The van der Waals surface area contributed by atoms with Crippen LogP contribution in [0.15, 0.2) is 29.4 Å². The van der Waals surface area contributed by atoms with E-state index in [9.17, 15) is 0 Å². The van der Waals surface area contributed by atoms with Crippen molar-refractivity contribution in [1.82, 2.24) is 0 Å². The topological polar surface area (TPSA) is 43.3 Å². The molecule has 5 nitrogen and oxygen atoms in total. The molecule has 0 spiro atoms. The quantitative estimate of drug-likeness (QED) is 0.619. The average Bonchev–Trinajstić information content (AvgIpc) is 3.02. The van der Waals surface area contributed by atoms with E-state index in [1.54, 1.807) is 6.21 Å². The van der Waals surface area contributed by atoms with E-state index in [2.05, 4.69) is 34.3 Å². The van der Waals surface area contributed by atoms with Gasteiger partial charge in [0, 0.05) is 25.2 Å². The van der Waals surface area contributed by atoms with Gasteiger partial charge in [0.1, 0.15) is 0 Å². The summed E-state index contributed by atoms with van der Waals surface area (Å²) in [5.41, 5.74) is 2.27. The van der Waals surface area contributed by atoms with Crippen LogP contribution in [0.4, 0.5) is 5.69 Å². The average molecular weight is 276 g/mol. The van der Waals surface area contributed by atoms with Gasteiger partial charge in [-0.2, -0.15) is 0 Å². The van der Waals surface area contributed by atoms with Gasteiger partial charge in [-0.1, -0.05) is 17.3 Å². The maximum Gasteiger partial charge on any atom is 0.152 e. The highest BCUT2D eigenvalue weighted by Gasteiger charge is 2.16. The van der Waals surface area contributed by atoms with E-state index >= 15 is 0 Å². The minimum absolute atomic E-state index is 0.110. The van der Waals surface area contributed by atoms with Crippen LogP contribution >= 0.6 is 0 Å². The second-order valence-corrected chi connectivity index (χ2v) is 5.02. The summed E-state index contributed by atoms with van der Waals surface area (Å²) < 4.78 is 10.6. The van der Waals surface area contributed by atoms with E-state index in [1.165, 1.54) is 5.69 Å². The Bertz CT molecular complexity index is 435. The van der Waals surface area contributed by atoms with Crippen LogP contribution in [0.25, 0.3) is 0 Å². The van der Waals surface area contributed by atoms with Crippen molar-refractivity contribution in [2.45, 2.75) is 12.5 Å². The van der Waals surface area contributed by atoms with E-state index < -0.39 is 0 Å². The molecule has 2 aliphatic heterocycles. The third-order valence-corrected chi connectivity index (χ3v) is 3.57. The third kappa shape index (κ3) is 3.49. The number of nitrogens with zero attached hydrogens (tertiary/aromatic N) is 2. The Morgan fingerprint density at radius 2 is 1.90 bits per heavy atom. The molecule has 0 saturated carbocycles. The van der Waals surface area contributed by atoms with Crippen LogP contribution in [-0.4, -0.2) is 51.8 Å². The first-order valence-corrected chi connectivity index (χ1v) is 7.11. The minimum Gasteiger partial charge on any atom is -0.390 e. The molecule has 0 bridgehead atoms. The van der Waals surface area contributed by atoms with Crippen LogP contribution in [0.3, 0.4) is 0 Å². The van der Waals surface area contributed by atoms with Crippen molar-refractivity contribution < 1.29 is 14.3 Å². The third-order valence-electron chi connectivity index (χ3n) is 3.57. The molecule has 0 N–H and O–H groups in total. The molecular formula is C15H20N2O3. The summed E-state index contributed by atoms with van der Waals surface area (Å²) in [6.45, 7) is 4.94. The molecule has 0 radical (unpaired) electrons. The van der Waals surface area contributed by atoms with Crippen molar-refractivity contribution in [3.8, 4) is 0 Å². The fourth-order valence-electron chi connectivity index (χ4n) is 2.37. The van der Waals surface area contributed by atoms with Crippen LogP contribution in [0.5, 0.6) is 0 Å². The zero-order valence-corrected chi connectivity index (χ0v) is 11.5. The van der Waals surface area contributed by atoms with Gasteiger partial charge < -0.3 is 19.2 Å². The van der Waals surface area contributed by atoms with Gasteiger partial charge in [-0.3, -0.25) is 0 Å². The van der Waals surface area contributed by atoms with Crippen LogP contribution in [0, 0.1) is 0 Å². The normalized spacial score (nSPS) is 23.4. The predicted molar refractivity (Wildman–Crippen MR) is 77.4 cm³/mol. The molecule has 0 aliphatic carbocycles. The molecule has 2 aliphatic rings. The number of ether oxygens (including phenoxy) is 2. The molecule has 1 aromatic carbocycles. The summed E-state index contributed by atoms with van der Waals surface area (Å²) in [4.78, 5) is 7.70. The van der Waals surface area contributed by atoms with Gasteiger partial charge in [-0.15, -0.1) is 0 Å². The maximum atomic E-state index is 5.37. The second-order valence-electron chi connectivity index (χ2n) is 5.02. The molecule has 20 heavy (non-hydrogen) atoms. The van der Waals surface area contributed by atoms with Crippen molar-refractivity contribution in [3.05, 3.63) is 29.8 Å². The first kappa shape index (κ1) is 13.4. The van der Waals surface area contributed by atoms with Crippen molar-refractivity contribution >= 4 is 11.9 Å². The summed E-state index contributed by atoms with van der Waals surface area (Å²) in [7, 11) is 0. The number of hydrogen-bond acceptors (Lipinski definition) is 5. The number of hydrogen-bond donors (Lipinski definition) is 0. The largest absolute Gasteiger partial charge is 0.390 e. The predicted octanol–water partition coefficient (Wildman–Crippen LogP) is 1.66. The molecule has 108 valence electrons. The monoisotopic (exact) mass is 276 g/mol. The van der Waals surface area contributed by atoms with E-state index in [4.69, 9.17) is 14.3 Å². The van der Waals surface area contributed by atoms with E-state index in [1.807, 2.05) is 0 Å². The molecule has 1 atom stereocenters. The van der Waals surface area contributed by atoms with Gasteiger partial charge in [-0.25, -0.2) is 0 Å². The van der Waals surface area contributed by atoms with Gasteiger partial charge in [0.25, 0.3) is 0 Å². The molecule has 3 rings (SSSR count). The van der Waals surface area contributed by atoms with Crippen LogP contribution < -0.4 is 4.90 Å². The lowest BCUT2D eigenvalue weighted by Crippen LogP contribution is -2.36. The first-order chi connectivity index (χ1) is 9.92. The fraction of sp³-hybridized carbons (Fsp3) is 0.533. The van der Waals surface area contributed by atoms with Crippen molar-refractivity contribution in [1.29, 1.82) is 0 Å². The summed E-state index contributed by atoms with van der Waals surface area (Å²) in [5, 5.41) is 4.03. The van der Waals surface area contributed by atoms with Gasteiger partial charge in [0.05, 0.1) is 32.6 Å². The Morgan fingerprint density at radius 3 is 2.60 bits per heavy atom. The summed E-state index contributed by atoms with van der Waals surface area (Å²) in [5.74, 6) is 0. The Balaban J connectivity index is 1.53. The van der Waals surface area contributed by atoms with Gasteiger partial charge in [0.2, 0.25) is 0 Å². The Kier molecular flexibility index (Phi) is 4.50. The SMILES string of the molecule is C(=NOC1CCOC1)c1ccc(N2CCOCC2)cc1. The standard InChI is InChI=1S/C15H20N2O3/c1-3-14(17-6-9-18-10-7-17)4-2-13(1)11-16-20-15-5-8-19-12-15/h1-4,11,15H,5-10,12H2. The molecule has 2 heterocycles. The molecule has 0 amide bonds. The first-order valence-electron chi connectivity index (χ1n) is 7.11. The lowest BCUT2D eigenvalue weighted by molar-refractivity contribution is 0.0485. The summed E-state index contributed by atoms with van der Waals surface area (Å²) in [6, 6.07) is 8.35. The van der Waals surface area contributed by atoms with Gasteiger partial charge in [-0.05, 0) is 17.7 Å². The van der Waals surface area contributed by atoms with Crippen LogP contribution in [-0.2, 0) is 14.3 Å². The zero-order chi connectivity index (χ0) is 13.6. The fourth-order valence-corrected chi connectivity index (χ4v) is 2.37. The van der Waals surface area contributed by atoms with Gasteiger partial charge in [0.15, 0.2) is 6.10 Å². The highest BCUT2D eigenvalue weighted by Crippen LogP contribution is 2.16. The molecule has 2 fully saturated rings. The number of morpholine rings is 1. The van der Waals surface area contributed by atoms with E-state index in [0.717, 1.165) is 44.9 Å². The Morgan fingerprint density at radius 1 is 1.10 bits per heavy atom. The summed E-state index contributed by atoms with van der Waals surface area (Å²) >= 11 is 0. The van der Waals surface area contributed by atoms with Crippen LogP contribution in [0.1, 0.15) is 12.0 Å². The number of rotatable bonds is 4. The zero-order valence-electron chi connectivity index (χ0n) is 11.5. The molecular weight excluding hydrogens is 256 g/mol. The number of benzene rings is 1. The Labute approximate surface area is 119 Å². The van der Waals surface area contributed by atoms with E-state index in [-0.39, 0.29) is 6.10 Å². The lowest BCUT2D eigenvalue weighted by atomic mass is 10.2. The van der Waals surface area contributed by atoms with E-state index in [0.29, 0.717) is 6.61 Å². The Hall–Kier alpha value is -1.59. The molecule has 0 aromatic heterocycles. The van der Waals surface area contributed by atoms with Crippen molar-refractivity contribution in [3.63, 3.8) is 0 Å². The molecule has 1 aromatic rings.